The van der Waals surface area contributed by atoms with E-state index in [-0.39, 0.29) is 4.90 Å². The van der Waals surface area contributed by atoms with Crippen molar-refractivity contribution in [3.63, 3.8) is 0 Å². The summed E-state index contributed by atoms with van der Waals surface area (Å²) in [6.07, 6.45) is 0. The van der Waals surface area contributed by atoms with Crippen LogP contribution in [-0.4, -0.2) is 35.2 Å². The number of fused-ring (bicyclic) bond motifs is 1. The maximum absolute atomic E-state index is 11.9. The fraction of sp³-hybridized carbons (Fsp3) is 0.455. The van der Waals surface area contributed by atoms with Crippen LogP contribution in [0.5, 0.6) is 5.75 Å². The van der Waals surface area contributed by atoms with Gasteiger partial charge in [0.1, 0.15) is 12.4 Å². The van der Waals surface area contributed by atoms with E-state index in [9.17, 15) is 8.42 Å². The summed E-state index contributed by atoms with van der Waals surface area (Å²) in [6.45, 7) is 3.53. The number of nitrogens with one attached hydrogen (secondary N) is 1. The van der Waals surface area contributed by atoms with E-state index in [1.807, 2.05) is 11.9 Å². The van der Waals surface area contributed by atoms with E-state index < -0.39 is 10.0 Å². The Morgan fingerprint density at radius 1 is 1.47 bits per heavy atom. The molecule has 1 aliphatic rings. The van der Waals surface area contributed by atoms with Crippen LogP contribution in [0.4, 0.5) is 5.69 Å². The first-order chi connectivity index (χ1) is 8.04. The van der Waals surface area contributed by atoms with Crippen LogP contribution in [0.2, 0.25) is 0 Å². The Kier molecular flexibility index (Phi) is 3.26. The number of likely N-dealkylation sites (N-methyl/N-ethyl adjacent to an activating group) is 1. The summed E-state index contributed by atoms with van der Waals surface area (Å²) in [6, 6.07) is 4.91. The van der Waals surface area contributed by atoms with Gasteiger partial charge < -0.3 is 9.64 Å². The Morgan fingerprint density at radius 3 is 2.94 bits per heavy atom. The Labute approximate surface area is 101 Å². The number of hydrogen-bond donors (Lipinski definition) is 1. The van der Waals surface area contributed by atoms with E-state index in [2.05, 4.69) is 4.72 Å². The largest absolute Gasteiger partial charge is 0.490 e. The molecule has 0 saturated carbocycles. The van der Waals surface area contributed by atoms with Gasteiger partial charge in [-0.2, -0.15) is 0 Å². The first-order valence-electron chi connectivity index (χ1n) is 5.52. The fourth-order valence-corrected chi connectivity index (χ4v) is 2.83. The summed E-state index contributed by atoms with van der Waals surface area (Å²) in [4.78, 5) is 2.26. The van der Waals surface area contributed by atoms with Gasteiger partial charge >= 0.3 is 0 Å². The van der Waals surface area contributed by atoms with Gasteiger partial charge in [-0.15, -0.1) is 0 Å². The lowest BCUT2D eigenvalue weighted by Gasteiger charge is -2.27. The van der Waals surface area contributed by atoms with Crippen molar-refractivity contribution in [2.24, 2.45) is 0 Å². The standard InChI is InChI=1S/C11H16N2O3S/c1-3-12-17(14,15)9-4-5-11-10(8-9)13(2)6-7-16-11/h4-5,8,12H,3,6-7H2,1-2H3. The van der Waals surface area contributed by atoms with E-state index >= 15 is 0 Å². The number of anilines is 1. The number of rotatable bonds is 3. The van der Waals surface area contributed by atoms with Crippen LogP contribution in [0.25, 0.3) is 0 Å². The highest BCUT2D eigenvalue weighted by Gasteiger charge is 2.19. The van der Waals surface area contributed by atoms with Gasteiger partial charge in [0.2, 0.25) is 10.0 Å². The first-order valence-corrected chi connectivity index (χ1v) is 7.00. The van der Waals surface area contributed by atoms with Gasteiger partial charge in [-0.3, -0.25) is 0 Å². The van der Waals surface area contributed by atoms with Crippen molar-refractivity contribution in [2.75, 3.05) is 31.6 Å². The fourth-order valence-electron chi connectivity index (χ4n) is 1.77. The van der Waals surface area contributed by atoms with E-state index in [4.69, 9.17) is 4.74 Å². The summed E-state index contributed by atoms with van der Waals surface area (Å²) in [5, 5.41) is 0. The third-order valence-corrected chi connectivity index (χ3v) is 4.21. The van der Waals surface area contributed by atoms with Crippen LogP contribution in [-0.2, 0) is 10.0 Å². The average molecular weight is 256 g/mol. The van der Waals surface area contributed by atoms with E-state index in [1.54, 1.807) is 25.1 Å². The lowest BCUT2D eigenvalue weighted by atomic mass is 10.2. The van der Waals surface area contributed by atoms with Crippen LogP contribution in [0.1, 0.15) is 6.92 Å². The van der Waals surface area contributed by atoms with E-state index in [1.165, 1.54) is 0 Å². The molecule has 0 unspecified atom stereocenters. The van der Waals surface area contributed by atoms with Crippen molar-refractivity contribution in [2.45, 2.75) is 11.8 Å². The zero-order chi connectivity index (χ0) is 12.5. The minimum Gasteiger partial charge on any atom is -0.490 e. The molecule has 0 radical (unpaired) electrons. The lowest BCUT2D eigenvalue weighted by molar-refractivity contribution is 0.311. The molecule has 0 atom stereocenters. The molecule has 0 amide bonds. The van der Waals surface area contributed by atoms with E-state index in [0.717, 1.165) is 18.0 Å². The van der Waals surface area contributed by atoms with Gasteiger partial charge in [-0.1, -0.05) is 6.92 Å². The van der Waals surface area contributed by atoms with Crippen molar-refractivity contribution in [1.82, 2.24) is 4.72 Å². The third kappa shape index (κ3) is 2.37. The zero-order valence-corrected chi connectivity index (χ0v) is 10.8. The molecule has 1 aromatic rings. The highest BCUT2D eigenvalue weighted by molar-refractivity contribution is 7.89. The molecule has 6 heteroatoms. The molecular formula is C11H16N2O3S. The molecule has 1 aromatic carbocycles. The number of sulfonamides is 1. The Morgan fingerprint density at radius 2 is 2.24 bits per heavy atom. The zero-order valence-electron chi connectivity index (χ0n) is 9.93. The SMILES string of the molecule is CCNS(=O)(=O)c1ccc2c(c1)N(C)CCO2. The predicted molar refractivity (Wildman–Crippen MR) is 66.1 cm³/mol. The topological polar surface area (TPSA) is 58.6 Å². The number of hydrogen-bond acceptors (Lipinski definition) is 4. The number of ether oxygens (including phenoxy) is 1. The van der Waals surface area contributed by atoms with Gasteiger partial charge in [0.05, 0.1) is 17.1 Å². The van der Waals surface area contributed by atoms with Crippen LogP contribution < -0.4 is 14.4 Å². The van der Waals surface area contributed by atoms with Crippen LogP contribution in [0.15, 0.2) is 23.1 Å². The number of nitrogens with zero attached hydrogens (tertiary/aromatic N) is 1. The second-order valence-corrected chi connectivity index (χ2v) is 5.67. The molecule has 0 aliphatic carbocycles. The van der Waals surface area contributed by atoms with Gasteiger partial charge in [-0.05, 0) is 18.2 Å². The highest BCUT2D eigenvalue weighted by Crippen LogP contribution is 2.32. The number of benzene rings is 1. The monoisotopic (exact) mass is 256 g/mol. The highest BCUT2D eigenvalue weighted by atomic mass is 32.2. The van der Waals surface area contributed by atoms with Crippen LogP contribution in [0.3, 0.4) is 0 Å². The molecular weight excluding hydrogens is 240 g/mol. The predicted octanol–water partition coefficient (Wildman–Crippen LogP) is 0.813. The lowest BCUT2D eigenvalue weighted by Crippen LogP contribution is -2.29. The summed E-state index contributed by atoms with van der Waals surface area (Å²) in [5.74, 6) is 0.731. The minimum absolute atomic E-state index is 0.274. The van der Waals surface area contributed by atoms with Crippen LogP contribution >= 0.6 is 0 Å². The summed E-state index contributed by atoms with van der Waals surface area (Å²) >= 11 is 0. The maximum Gasteiger partial charge on any atom is 0.240 e. The van der Waals surface area contributed by atoms with Gasteiger partial charge in [0.15, 0.2) is 0 Å². The Bertz CT molecular complexity index is 513. The third-order valence-electron chi connectivity index (χ3n) is 2.67. The Hall–Kier alpha value is -1.27. The molecule has 94 valence electrons. The van der Waals surface area contributed by atoms with Crippen molar-refractivity contribution in [3.8, 4) is 5.75 Å². The molecule has 0 bridgehead atoms. The molecule has 0 aromatic heterocycles. The molecule has 2 rings (SSSR count). The molecule has 0 spiro atoms. The first kappa shape index (κ1) is 12.2. The molecule has 0 saturated heterocycles. The summed E-state index contributed by atoms with van der Waals surface area (Å²) < 4.78 is 31.6. The van der Waals surface area contributed by atoms with Gasteiger partial charge in [-0.25, -0.2) is 13.1 Å². The molecule has 0 fully saturated rings. The molecule has 17 heavy (non-hydrogen) atoms. The normalized spacial score (nSPS) is 15.3. The smallest absolute Gasteiger partial charge is 0.240 e. The van der Waals surface area contributed by atoms with Gasteiger partial charge in [0.25, 0.3) is 0 Å². The van der Waals surface area contributed by atoms with Crippen molar-refractivity contribution < 1.29 is 13.2 Å². The maximum atomic E-state index is 11.9. The molecule has 1 heterocycles. The van der Waals surface area contributed by atoms with Crippen molar-refractivity contribution in [1.29, 1.82) is 0 Å². The summed E-state index contributed by atoms with van der Waals surface area (Å²) in [5.41, 5.74) is 0.815. The Balaban J connectivity index is 2.42. The molecule has 1 aliphatic heterocycles. The van der Waals surface area contributed by atoms with E-state index in [0.29, 0.717) is 13.2 Å². The van der Waals surface area contributed by atoms with Crippen molar-refractivity contribution in [3.05, 3.63) is 18.2 Å². The second-order valence-electron chi connectivity index (χ2n) is 3.90. The quantitative estimate of drug-likeness (QED) is 0.869. The van der Waals surface area contributed by atoms with Crippen LogP contribution in [0, 0.1) is 0 Å². The second kappa shape index (κ2) is 4.54. The van der Waals surface area contributed by atoms with Gasteiger partial charge in [0, 0.05) is 13.6 Å². The molecule has 5 nitrogen and oxygen atoms in total. The summed E-state index contributed by atoms with van der Waals surface area (Å²) in [7, 11) is -1.48. The van der Waals surface area contributed by atoms with Crippen molar-refractivity contribution >= 4 is 15.7 Å². The minimum atomic E-state index is -3.40. The average Bonchev–Trinajstić information content (AvgIpc) is 2.29. The molecule has 1 N–H and O–H groups in total.